The molecule has 0 saturated carbocycles. The summed E-state index contributed by atoms with van der Waals surface area (Å²) in [6.45, 7) is 11.5. The molecule has 6 heteroatoms. The Hall–Kier alpha value is -2.25. The minimum atomic E-state index is -2.71. The first kappa shape index (κ1) is 25.8. The van der Waals surface area contributed by atoms with Crippen LogP contribution in [0.25, 0.3) is 10.1 Å². The Morgan fingerprint density at radius 2 is 1.54 bits per heavy atom. The number of benzene rings is 3. The van der Waals surface area contributed by atoms with Gasteiger partial charge in [-0.15, -0.1) is 11.3 Å². The molecule has 0 atom stereocenters. The van der Waals surface area contributed by atoms with Gasteiger partial charge in [0.15, 0.2) is 0 Å². The fourth-order valence-electron chi connectivity index (χ4n) is 4.84. The van der Waals surface area contributed by atoms with Crippen LogP contribution in [0.5, 0.6) is 0 Å². The molecular formula is C29H31BrO3SSi. The summed E-state index contributed by atoms with van der Waals surface area (Å²) in [6, 6.07) is 25.1. The lowest BCUT2D eigenvalue weighted by atomic mass is 10.0. The van der Waals surface area contributed by atoms with E-state index in [4.69, 9.17) is 9.16 Å². The first-order valence-electron chi connectivity index (χ1n) is 11.8. The Labute approximate surface area is 221 Å². The molecule has 0 unspecified atom stereocenters. The Bertz CT molecular complexity index is 1290. The number of thiophene rings is 1. The Kier molecular flexibility index (Phi) is 7.67. The van der Waals surface area contributed by atoms with Crippen molar-refractivity contribution < 1.29 is 14.0 Å². The van der Waals surface area contributed by atoms with Gasteiger partial charge >= 0.3 is 5.97 Å². The summed E-state index contributed by atoms with van der Waals surface area (Å²) in [5.74, 6) is -0.303. The zero-order valence-electron chi connectivity index (χ0n) is 20.9. The second-order valence-electron chi connectivity index (χ2n) is 9.68. The molecule has 0 N–H and O–H groups in total. The van der Waals surface area contributed by atoms with Crippen LogP contribution in [0.1, 0.15) is 49.2 Å². The highest BCUT2D eigenvalue weighted by Crippen LogP contribution is 2.40. The summed E-state index contributed by atoms with van der Waals surface area (Å²) in [5.41, 5.74) is 2.74. The molecule has 0 amide bonds. The Balaban J connectivity index is 1.88. The van der Waals surface area contributed by atoms with Gasteiger partial charge in [0.05, 0.1) is 22.6 Å². The van der Waals surface area contributed by atoms with Gasteiger partial charge in [-0.3, -0.25) is 0 Å². The van der Waals surface area contributed by atoms with Gasteiger partial charge < -0.3 is 9.16 Å². The highest BCUT2D eigenvalue weighted by atomic mass is 79.9. The summed E-state index contributed by atoms with van der Waals surface area (Å²) in [6.07, 6.45) is 0. The first-order valence-corrected chi connectivity index (χ1v) is 15.3. The number of fused-ring (bicyclic) bond motifs is 1. The van der Waals surface area contributed by atoms with Crippen molar-refractivity contribution in [1.29, 1.82) is 0 Å². The number of hydrogen-bond donors (Lipinski definition) is 0. The standard InChI is InChI=1S/C29H31BrO3SSi/c1-6-32-28(31)21-17-22(26-20(2)27(30)34-25(26)18-21)19-33-35(29(3,4)5,23-13-9-7-10-14-23)24-15-11-8-12-16-24/h7-18H,6,19H2,1-5H3. The van der Waals surface area contributed by atoms with Crippen LogP contribution in [0.2, 0.25) is 5.04 Å². The van der Waals surface area contributed by atoms with Crippen LogP contribution >= 0.6 is 27.3 Å². The van der Waals surface area contributed by atoms with Gasteiger partial charge in [0, 0.05) is 10.1 Å². The van der Waals surface area contributed by atoms with E-state index in [-0.39, 0.29) is 11.0 Å². The van der Waals surface area contributed by atoms with Crippen molar-refractivity contribution in [3.05, 3.63) is 93.3 Å². The number of ether oxygens (including phenoxy) is 1. The van der Waals surface area contributed by atoms with Crippen molar-refractivity contribution in [1.82, 2.24) is 0 Å². The third kappa shape index (κ3) is 4.90. The SMILES string of the molecule is CCOC(=O)c1cc(CO[Si](c2ccccc2)(c2ccccc2)C(C)(C)C)c2c(C)c(Br)sc2c1. The van der Waals surface area contributed by atoms with Crippen LogP contribution in [-0.2, 0) is 15.8 Å². The van der Waals surface area contributed by atoms with Gasteiger partial charge in [0.2, 0.25) is 0 Å². The van der Waals surface area contributed by atoms with Crippen LogP contribution in [0.3, 0.4) is 0 Å². The van der Waals surface area contributed by atoms with E-state index in [1.54, 1.807) is 11.3 Å². The smallest absolute Gasteiger partial charge is 0.338 e. The van der Waals surface area contributed by atoms with E-state index in [0.717, 1.165) is 19.4 Å². The number of rotatable bonds is 7. The molecule has 3 nitrogen and oxygen atoms in total. The van der Waals surface area contributed by atoms with E-state index < -0.39 is 8.32 Å². The van der Waals surface area contributed by atoms with E-state index in [1.807, 2.05) is 19.1 Å². The summed E-state index contributed by atoms with van der Waals surface area (Å²) in [7, 11) is -2.71. The molecule has 0 aliphatic rings. The van der Waals surface area contributed by atoms with E-state index in [2.05, 4.69) is 104 Å². The zero-order chi connectivity index (χ0) is 25.2. The number of hydrogen-bond acceptors (Lipinski definition) is 4. The van der Waals surface area contributed by atoms with Crippen LogP contribution in [0.4, 0.5) is 0 Å². The average Bonchev–Trinajstić information content (AvgIpc) is 3.13. The minimum absolute atomic E-state index is 0.127. The van der Waals surface area contributed by atoms with Gasteiger partial charge in [0.1, 0.15) is 0 Å². The summed E-state index contributed by atoms with van der Waals surface area (Å²) in [4.78, 5) is 12.7. The van der Waals surface area contributed by atoms with Gasteiger partial charge in [0.25, 0.3) is 8.32 Å². The maximum Gasteiger partial charge on any atom is 0.338 e. The summed E-state index contributed by atoms with van der Waals surface area (Å²) < 4.78 is 14.7. The Morgan fingerprint density at radius 3 is 2.06 bits per heavy atom. The quantitative estimate of drug-likeness (QED) is 0.175. The van der Waals surface area contributed by atoms with Gasteiger partial charge in [-0.25, -0.2) is 4.79 Å². The lowest BCUT2D eigenvalue weighted by molar-refractivity contribution is 0.0526. The molecule has 3 aromatic carbocycles. The molecule has 0 spiro atoms. The molecule has 1 heterocycles. The molecule has 0 radical (unpaired) electrons. The predicted octanol–water partition coefficient (Wildman–Crippen LogP) is 7.23. The normalized spacial score (nSPS) is 12.2. The number of halogens is 1. The van der Waals surface area contributed by atoms with Crippen LogP contribution in [-0.4, -0.2) is 20.9 Å². The topological polar surface area (TPSA) is 35.5 Å². The molecule has 1 aromatic heterocycles. The first-order chi connectivity index (χ1) is 16.7. The average molecular weight is 568 g/mol. The summed E-state index contributed by atoms with van der Waals surface area (Å²) >= 11 is 5.34. The lowest BCUT2D eigenvalue weighted by Crippen LogP contribution is -2.66. The molecule has 4 rings (SSSR count). The van der Waals surface area contributed by atoms with Gasteiger partial charge in [-0.1, -0.05) is 81.4 Å². The summed E-state index contributed by atoms with van der Waals surface area (Å²) in [5, 5.41) is 3.49. The number of carbonyl (C=O) groups is 1. The molecule has 0 fully saturated rings. The van der Waals surface area contributed by atoms with E-state index in [9.17, 15) is 4.79 Å². The monoisotopic (exact) mass is 566 g/mol. The van der Waals surface area contributed by atoms with Crippen LogP contribution < -0.4 is 10.4 Å². The number of esters is 1. The fraction of sp³-hybridized carbons (Fsp3) is 0.276. The minimum Gasteiger partial charge on any atom is -0.462 e. The molecule has 35 heavy (non-hydrogen) atoms. The van der Waals surface area contributed by atoms with Crippen molar-refractivity contribution in [2.75, 3.05) is 6.61 Å². The van der Waals surface area contributed by atoms with Crippen molar-refractivity contribution in [3.63, 3.8) is 0 Å². The maximum atomic E-state index is 12.7. The van der Waals surface area contributed by atoms with Gasteiger partial charge in [-0.05, 0) is 68.4 Å². The van der Waals surface area contributed by atoms with Crippen molar-refractivity contribution in [2.24, 2.45) is 0 Å². The van der Waals surface area contributed by atoms with E-state index in [0.29, 0.717) is 18.8 Å². The molecule has 0 aliphatic carbocycles. The van der Waals surface area contributed by atoms with Crippen molar-refractivity contribution in [3.8, 4) is 0 Å². The third-order valence-electron chi connectivity index (χ3n) is 6.43. The number of aryl methyl sites for hydroxylation is 1. The highest BCUT2D eigenvalue weighted by Gasteiger charge is 2.50. The van der Waals surface area contributed by atoms with Crippen LogP contribution in [0, 0.1) is 6.92 Å². The molecule has 0 aliphatic heterocycles. The zero-order valence-corrected chi connectivity index (χ0v) is 24.3. The predicted molar refractivity (Wildman–Crippen MR) is 153 cm³/mol. The maximum absolute atomic E-state index is 12.7. The molecule has 0 saturated heterocycles. The molecular weight excluding hydrogens is 536 g/mol. The molecule has 182 valence electrons. The largest absolute Gasteiger partial charge is 0.462 e. The number of carbonyl (C=O) groups excluding carboxylic acids is 1. The second kappa shape index (κ2) is 10.4. The molecule has 4 aromatic rings. The molecule has 0 bridgehead atoms. The van der Waals surface area contributed by atoms with E-state index in [1.165, 1.54) is 15.9 Å². The third-order valence-corrected chi connectivity index (χ3v) is 13.5. The second-order valence-corrected chi connectivity index (χ2v) is 16.4. The Morgan fingerprint density at radius 1 is 0.971 bits per heavy atom. The van der Waals surface area contributed by atoms with Gasteiger partial charge in [-0.2, -0.15) is 0 Å². The van der Waals surface area contributed by atoms with Crippen LogP contribution in [0.15, 0.2) is 76.6 Å². The van der Waals surface area contributed by atoms with Crippen molar-refractivity contribution >= 4 is 62.0 Å². The fourth-order valence-corrected chi connectivity index (χ4v) is 11.1. The lowest BCUT2D eigenvalue weighted by Gasteiger charge is -2.43. The highest BCUT2D eigenvalue weighted by molar-refractivity contribution is 9.11. The van der Waals surface area contributed by atoms with E-state index >= 15 is 0 Å². The van der Waals surface area contributed by atoms with Crippen molar-refractivity contribution in [2.45, 2.75) is 46.3 Å².